The summed E-state index contributed by atoms with van der Waals surface area (Å²) in [5, 5.41) is 8.96. The molecule has 22 heavy (non-hydrogen) atoms. The summed E-state index contributed by atoms with van der Waals surface area (Å²) in [7, 11) is 1.56. The van der Waals surface area contributed by atoms with Gasteiger partial charge in [-0.1, -0.05) is 23.7 Å². The van der Waals surface area contributed by atoms with Gasteiger partial charge in [-0.15, -0.1) is 0 Å². The van der Waals surface area contributed by atoms with Gasteiger partial charge in [0.15, 0.2) is 5.69 Å². The molecule has 0 aliphatic heterocycles. The second-order valence-electron chi connectivity index (χ2n) is 4.83. The molecule has 2 aromatic rings. The predicted octanol–water partition coefficient (Wildman–Crippen LogP) is 3.97. The first-order valence-corrected chi connectivity index (χ1v) is 6.86. The Balaban J connectivity index is 2.07. The molecule has 2 rings (SSSR count). The summed E-state index contributed by atoms with van der Waals surface area (Å²) >= 11 is 5.88. The molecule has 0 saturated heterocycles. The van der Waals surface area contributed by atoms with Crippen LogP contribution in [0.25, 0.3) is 0 Å². The van der Waals surface area contributed by atoms with Crippen LogP contribution in [0.15, 0.2) is 24.3 Å². The van der Waals surface area contributed by atoms with Gasteiger partial charge in [-0.3, -0.25) is 5.10 Å². The van der Waals surface area contributed by atoms with Crippen molar-refractivity contribution < 1.29 is 13.6 Å². The first kappa shape index (κ1) is 16.2. The molecule has 0 aliphatic carbocycles. The van der Waals surface area contributed by atoms with E-state index in [-0.39, 0.29) is 5.69 Å². The van der Waals surface area contributed by atoms with Crippen molar-refractivity contribution in [2.75, 3.05) is 12.4 Å². The van der Waals surface area contributed by atoms with Gasteiger partial charge in [-0.25, -0.2) is 13.6 Å². The van der Waals surface area contributed by atoms with Crippen LogP contribution in [-0.4, -0.2) is 28.2 Å². The Hall–Kier alpha value is -2.15. The summed E-state index contributed by atoms with van der Waals surface area (Å²) in [5.74, 6) is 0. The monoisotopic (exact) mass is 328 g/mol. The van der Waals surface area contributed by atoms with Crippen molar-refractivity contribution in [1.29, 1.82) is 0 Å². The van der Waals surface area contributed by atoms with E-state index in [1.54, 1.807) is 32.2 Å². The van der Waals surface area contributed by atoms with Crippen molar-refractivity contribution >= 4 is 23.3 Å². The number of urea groups is 1. The molecular formula is C14H15ClF2N4O. The molecule has 2 amide bonds. The molecule has 0 radical (unpaired) electrons. The van der Waals surface area contributed by atoms with E-state index in [1.165, 1.54) is 4.90 Å². The van der Waals surface area contributed by atoms with Crippen LogP contribution >= 0.6 is 11.6 Å². The summed E-state index contributed by atoms with van der Waals surface area (Å²) in [6.45, 7) is 1.86. The topological polar surface area (TPSA) is 61.0 Å². The zero-order valence-corrected chi connectivity index (χ0v) is 12.8. The molecule has 118 valence electrons. The summed E-state index contributed by atoms with van der Waals surface area (Å²) in [6, 6.07) is 6.56. The lowest BCUT2D eigenvalue weighted by molar-refractivity contribution is 0.146. The Labute approximate surface area is 131 Å². The molecule has 0 bridgehead atoms. The standard InChI is InChI=1S/C14H15ClF2N4O/c1-8-11(12(13(16)17)20-19-8)18-14(22)21(2)7-9-4-3-5-10(15)6-9/h3-6,13H,7H2,1-2H3,(H,18,22)(H,19,20). The van der Waals surface area contributed by atoms with Gasteiger partial charge in [0, 0.05) is 18.6 Å². The number of carbonyl (C=O) groups is 1. The van der Waals surface area contributed by atoms with Crippen molar-refractivity contribution in [2.45, 2.75) is 19.9 Å². The number of nitrogens with one attached hydrogen (secondary N) is 2. The average Bonchev–Trinajstić information content (AvgIpc) is 2.80. The Bertz CT molecular complexity index is 675. The van der Waals surface area contributed by atoms with Crippen LogP contribution in [0.3, 0.4) is 0 Å². The molecule has 0 saturated carbocycles. The number of aromatic nitrogens is 2. The zero-order chi connectivity index (χ0) is 16.3. The fraction of sp³-hybridized carbons (Fsp3) is 0.286. The molecule has 2 N–H and O–H groups in total. The minimum Gasteiger partial charge on any atom is -0.323 e. The molecular weight excluding hydrogens is 314 g/mol. The number of hydrogen-bond acceptors (Lipinski definition) is 2. The molecule has 0 spiro atoms. The SMILES string of the molecule is Cc1[nH]nc(C(F)F)c1NC(=O)N(C)Cc1cccc(Cl)c1. The van der Waals surface area contributed by atoms with E-state index in [4.69, 9.17) is 11.6 Å². The Morgan fingerprint density at radius 2 is 2.23 bits per heavy atom. The van der Waals surface area contributed by atoms with E-state index in [9.17, 15) is 13.6 Å². The van der Waals surface area contributed by atoms with Crippen molar-refractivity contribution in [3.8, 4) is 0 Å². The highest BCUT2D eigenvalue weighted by atomic mass is 35.5. The second-order valence-corrected chi connectivity index (χ2v) is 5.26. The number of alkyl halides is 2. The maximum atomic E-state index is 12.8. The van der Waals surface area contributed by atoms with E-state index < -0.39 is 18.2 Å². The minimum atomic E-state index is -2.77. The highest BCUT2D eigenvalue weighted by Crippen LogP contribution is 2.27. The van der Waals surface area contributed by atoms with Gasteiger partial charge in [0.25, 0.3) is 6.43 Å². The number of aryl methyl sites for hydroxylation is 1. The Morgan fingerprint density at radius 3 is 2.86 bits per heavy atom. The molecule has 0 unspecified atom stereocenters. The van der Waals surface area contributed by atoms with E-state index in [0.29, 0.717) is 17.3 Å². The molecule has 8 heteroatoms. The quantitative estimate of drug-likeness (QED) is 0.892. The van der Waals surface area contributed by atoms with E-state index in [2.05, 4.69) is 15.5 Å². The van der Waals surface area contributed by atoms with Crippen molar-refractivity contribution in [2.24, 2.45) is 0 Å². The van der Waals surface area contributed by atoms with Crippen LogP contribution in [0.5, 0.6) is 0 Å². The van der Waals surface area contributed by atoms with Crippen LogP contribution in [0.4, 0.5) is 19.3 Å². The van der Waals surface area contributed by atoms with Gasteiger partial charge in [-0.2, -0.15) is 5.10 Å². The highest BCUT2D eigenvalue weighted by molar-refractivity contribution is 6.30. The first-order chi connectivity index (χ1) is 10.4. The van der Waals surface area contributed by atoms with Gasteiger partial charge < -0.3 is 10.2 Å². The van der Waals surface area contributed by atoms with Crippen molar-refractivity contribution in [3.63, 3.8) is 0 Å². The number of hydrogen-bond donors (Lipinski definition) is 2. The van der Waals surface area contributed by atoms with Crippen molar-refractivity contribution in [3.05, 3.63) is 46.2 Å². The number of halogens is 3. The van der Waals surface area contributed by atoms with Gasteiger partial charge in [0.05, 0.1) is 11.4 Å². The molecule has 0 fully saturated rings. The normalized spacial score (nSPS) is 10.8. The molecule has 0 atom stereocenters. The van der Waals surface area contributed by atoms with Crippen LogP contribution in [-0.2, 0) is 6.54 Å². The summed E-state index contributed by atoms with van der Waals surface area (Å²) in [6.07, 6.45) is -2.77. The number of benzene rings is 1. The maximum Gasteiger partial charge on any atom is 0.321 e. The number of rotatable bonds is 4. The van der Waals surface area contributed by atoms with Gasteiger partial charge in [-0.05, 0) is 24.6 Å². The lowest BCUT2D eigenvalue weighted by atomic mass is 10.2. The average molecular weight is 329 g/mol. The van der Waals surface area contributed by atoms with Crippen LogP contribution < -0.4 is 5.32 Å². The van der Waals surface area contributed by atoms with E-state index >= 15 is 0 Å². The van der Waals surface area contributed by atoms with Crippen LogP contribution in [0.1, 0.15) is 23.4 Å². The number of nitrogens with zero attached hydrogens (tertiary/aromatic N) is 2. The Kier molecular flexibility index (Phi) is 4.97. The molecule has 1 aromatic carbocycles. The lowest BCUT2D eigenvalue weighted by Gasteiger charge is -2.18. The summed E-state index contributed by atoms with van der Waals surface area (Å²) in [4.78, 5) is 13.5. The van der Waals surface area contributed by atoms with Gasteiger partial charge in [0.1, 0.15) is 0 Å². The lowest BCUT2D eigenvalue weighted by Crippen LogP contribution is -2.31. The Morgan fingerprint density at radius 1 is 1.50 bits per heavy atom. The van der Waals surface area contributed by atoms with Gasteiger partial charge >= 0.3 is 6.03 Å². The molecule has 5 nitrogen and oxygen atoms in total. The highest BCUT2D eigenvalue weighted by Gasteiger charge is 2.21. The molecule has 0 aliphatic rings. The maximum absolute atomic E-state index is 12.8. The van der Waals surface area contributed by atoms with Crippen LogP contribution in [0, 0.1) is 6.92 Å². The fourth-order valence-electron chi connectivity index (χ4n) is 1.95. The number of amides is 2. The minimum absolute atomic E-state index is 0.0120. The zero-order valence-electron chi connectivity index (χ0n) is 12.0. The van der Waals surface area contributed by atoms with Gasteiger partial charge in [0.2, 0.25) is 0 Å². The second kappa shape index (κ2) is 6.74. The largest absolute Gasteiger partial charge is 0.323 e. The molecule has 1 aromatic heterocycles. The third-order valence-corrected chi connectivity index (χ3v) is 3.30. The van der Waals surface area contributed by atoms with E-state index in [0.717, 1.165) is 5.56 Å². The summed E-state index contributed by atoms with van der Waals surface area (Å²) in [5.41, 5.74) is 0.753. The molecule has 1 heterocycles. The summed E-state index contributed by atoms with van der Waals surface area (Å²) < 4.78 is 25.6. The number of anilines is 1. The number of aromatic amines is 1. The third-order valence-electron chi connectivity index (χ3n) is 3.07. The first-order valence-electron chi connectivity index (χ1n) is 6.48. The third kappa shape index (κ3) is 3.73. The fourth-order valence-corrected chi connectivity index (χ4v) is 2.16. The number of H-pyrrole nitrogens is 1. The van der Waals surface area contributed by atoms with Crippen LogP contribution in [0.2, 0.25) is 5.02 Å². The predicted molar refractivity (Wildman–Crippen MR) is 80.2 cm³/mol. The smallest absolute Gasteiger partial charge is 0.321 e. The number of carbonyl (C=O) groups excluding carboxylic acids is 1. The van der Waals surface area contributed by atoms with Crippen molar-refractivity contribution in [1.82, 2.24) is 15.1 Å². The van der Waals surface area contributed by atoms with E-state index in [1.807, 2.05) is 6.07 Å².